The molecule has 1 heterocycles. The zero-order valence-corrected chi connectivity index (χ0v) is 16.7. The number of amides is 1. The summed E-state index contributed by atoms with van der Waals surface area (Å²) < 4.78 is 42.8. The first-order chi connectivity index (χ1) is 14.9. The van der Waals surface area contributed by atoms with Crippen LogP contribution in [0.1, 0.15) is 58.9 Å². The smallest absolute Gasteiger partial charge is 0.272 e. The number of aromatic nitrogens is 2. The van der Waals surface area contributed by atoms with Crippen LogP contribution < -0.4 is 5.32 Å². The molecule has 158 valence electrons. The van der Waals surface area contributed by atoms with E-state index in [1.165, 1.54) is 28.9 Å². The molecule has 6 rings (SSSR count). The Balaban J connectivity index is 1.38. The van der Waals surface area contributed by atoms with Crippen molar-refractivity contribution in [1.29, 1.82) is 0 Å². The van der Waals surface area contributed by atoms with E-state index in [0.717, 1.165) is 55.0 Å². The molecular formula is C24H20F3N3O. The quantitative estimate of drug-likeness (QED) is 0.658. The Morgan fingerprint density at radius 2 is 1.81 bits per heavy atom. The summed E-state index contributed by atoms with van der Waals surface area (Å²) in [5.41, 5.74) is 2.52. The SMILES string of the molecule is O=C(NC1(c2ccc(F)cc2)CCC1)c1nn(-c2ccc(F)cc2F)c2c1C[C@H]1C[C@@H]21. The molecule has 1 aromatic heterocycles. The van der Waals surface area contributed by atoms with E-state index < -0.39 is 17.2 Å². The van der Waals surface area contributed by atoms with E-state index in [4.69, 9.17) is 0 Å². The second kappa shape index (κ2) is 6.45. The Morgan fingerprint density at radius 3 is 2.48 bits per heavy atom. The first-order valence-electron chi connectivity index (χ1n) is 10.6. The number of nitrogens with one attached hydrogen (secondary N) is 1. The second-order valence-corrected chi connectivity index (χ2v) is 8.92. The van der Waals surface area contributed by atoms with Gasteiger partial charge in [0.05, 0.1) is 11.2 Å². The maximum absolute atomic E-state index is 14.5. The number of benzene rings is 2. The highest BCUT2D eigenvalue weighted by Gasteiger charge is 2.51. The molecule has 0 radical (unpaired) electrons. The summed E-state index contributed by atoms with van der Waals surface area (Å²) in [6.45, 7) is 0. The van der Waals surface area contributed by atoms with Crippen molar-refractivity contribution in [3.8, 4) is 5.69 Å². The van der Waals surface area contributed by atoms with Crippen molar-refractivity contribution < 1.29 is 18.0 Å². The monoisotopic (exact) mass is 423 g/mol. The molecule has 1 amide bonds. The van der Waals surface area contributed by atoms with E-state index in [1.54, 1.807) is 12.1 Å². The molecule has 2 fully saturated rings. The molecule has 2 saturated carbocycles. The topological polar surface area (TPSA) is 46.9 Å². The van der Waals surface area contributed by atoms with Crippen molar-refractivity contribution in [1.82, 2.24) is 15.1 Å². The molecular weight excluding hydrogens is 403 g/mol. The molecule has 3 aliphatic carbocycles. The van der Waals surface area contributed by atoms with E-state index in [2.05, 4.69) is 10.4 Å². The van der Waals surface area contributed by atoms with Crippen molar-refractivity contribution in [3.63, 3.8) is 0 Å². The van der Waals surface area contributed by atoms with Crippen LogP contribution in [0.25, 0.3) is 5.69 Å². The molecule has 1 N–H and O–H groups in total. The van der Waals surface area contributed by atoms with Crippen molar-refractivity contribution in [2.24, 2.45) is 5.92 Å². The van der Waals surface area contributed by atoms with Crippen LogP contribution in [0.5, 0.6) is 0 Å². The number of carbonyl (C=O) groups excluding carboxylic acids is 1. The Morgan fingerprint density at radius 1 is 1.06 bits per heavy atom. The molecule has 4 nitrogen and oxygen atoms in total. The number of halogens is 3. The van der Waals surface area contributed by atoms with Gasteiger partial charge in [0.1, 0.15) is 17.3 Å². The van der Waals surface area contributed by atoms with Gasteiger partial charge in [-0.15, -0.1) is 0 Å². The van der Waals surface area contributed by atoms with E-state index in [9.17, 15) is 18.0 Å². The lowest BCUT2D eigenvalue weighted by Gasteiger charge is -2.43. The molecule has 0 spiro atoms. The summed E-state index contributed by atoms with van der Waals surface area (Å²) in [7, 11) is 0. The summed E-state index contributed by atoms with van der Waals surface area (Å²) in [5.74, 6) is -1.25. The summed E-state index contributed by atoms with van der Waals surface area (Å²) >= 11 is 0. The number of rotatable bonds is 4. The second-order valence-electron chi connectivity index (χ2n) is 8.92. The van der Waals surface area contributed by atoms with Crippen LogP contribution in [0.3, 0.4) is 0 Å². The lowest BCUT2D eigenvalue weighted by atomic mass is 9.71. The molecule has 0 bridgehead atoms. The fourth-order valence-electron chi connectivity index (χ4n) is 5.20. The van der Waals surface area contributed by atoms with Crippen LogP contribution in [0, 0.1) is 23.4 Å². The van der Waals surface area contributed by atoms with Crippen LogP contribution in [0.15, 0.2) is 42.5 Å². The Labute approximate surface area is 177 Å². The molecule has 0 aliphatic heterocycles. The lowest BCUT2D eigenvalue weighted by molar-refractivity contribution is 0.0816. The fraction of sp³-hybridized carbons (Fsp3) is 0.333. The minimum atomic E-state index is -0.705. The number of hydrogen-bond donors (Lipinski definition) is 1. The van der Waals surface area contributed by atoms with E-state index in [0.29, 0.717) is 11.6 Å². The summed E-state index contributed by atoms with van der Waals surface area (Å²) in [4.78, 5) is 13.3. The van der Waals surface area contributed by atoms with Gasteiger partial charge in [-0.2, -0.15) is 5.10 Å². The van der Waals surface area contributed by atoms with Crippen molar-refractivity contribution >= 4 is 5.91 Å². The van der Waals surface area contributed by atoms with Crippen LogP contribution in [0.2, 0.25) is 0 Å². The van der Waals surface area contributed by atoms with Gasteiger partial charge in [-0.3, -0.25) is 4.79 Å². The van der Waals surface area contributed by atoms with Crippen LogP contribution in [0.4, 0.5) is 13.2 Å². The Hall–Kier alpha value is -3.09. The van der Waals surface area contributed by atoms with Crippen LogP contribution in [-0.2, 0) is 12.0 Å². The lowest BCUT2D eigenvalue weighted by Crippen LogP contribution is -2.51. The predicted molar refractivity (Wildman–Crippen MR) is 107 cm³/mol. The van der Waals surface area contributed by atoms with Gasteiger partial charge in [-0.05, 0) is 67.9 Å². The van der Waals surface area contributed by atoms with Gasteiger partial charge in [0, 0.05) is 17.5 Å². The van der Waals surface area contributed by atoms with E-state index in [1.807, 2.05) is 0 Å². The van der Waals surface area contributed by atoms with Gasteiger partial charge >= 0.3 is 0 Å². The van der Waals surface area contributed by atoms with Gasteiger partial charge in [-0.25, -0.2) is 17.9 Å². The minimum Gasteiger partial charge on any atom is -0.341 e. The number of carbonyl (C=O) groups is 1. The zero-order chi connectivity index (χ0) is 21.3. The fourth-order valence-corrected chi connectivity index (χ4v) is 5.20. The third kappa shape index (κ3) is 2.82. The highest BCUT2D eigenvalue weighted by molar-refractivity contribution is 5.95. The van der Waals surface area contributed by atoms with Crippen LogP contribution >= 0.6 is 0 Å². The first kappa shape index (κ1) is 18.7. The largest absolute Gasteiger partial charge is 0.341 e. The minimum absolute atomic E-state index is 0.154. The van der Waals surface area contributed by atoms with Gasteiger partial charge in [0.25, 0.3) is 5.91 Å². The molecule has 3 aliphatic rings. The molecule has 7 heteroatoms. The highest BCUT2D eigenvalue weighted by atomic mass is 19.1. The molecule has 2 atom stereocenters. The van der Waals surface area contributed by atoms with Crippen LogP contribution in [-0.4, -0.2) is 15.7 Å². The molecule has 0 saturated heterocycles. The van der Waals surface area contributed by atoms with Crippen molar-refractivity contribution in [3.05, 3.63) is 82.4 Å². The number of nitrogens with zero attached hydrogens (tertiary/aromatic N) is 2. The molecule has 2 aromatic carbocycles. The average Bonchev–Trinajstić information content (AvgIpc) is 3.21. The van der Waals surface area contributed by atoms with Crippen molar-refractivity contribution in [2.45, 2.75) is 43.6 Å². The predicted octanol–water partition coefficient (Wildman–Crippen LogP) is 4.76. The van der Waals surface area contributed by atoms with Gasteiger partial charge in [0.15, 0.2) is 11.5 Å². The van der Waals surface area contributed by atoms with Crippen molar-refractivity contribution in [2.75, 3.05) is 0 Å². The molecule has 0 unspecified atom stereocenters. The van der Waals surface area contributed by atoms with Gasteiger partial charge in [0.2, 0.25) is 0 Å². The number of fused-ring (bicyclic) bond motifs is 3. The third-order valence-corrected chi connectivity index (χ3v) is 7.07. The summed E-state index contributed by atoms with van der Waals surface area (Å²) in [6.07, 6.45) is 4.25. The zero-order valence-electron chi connectivity index (χ0n) is 16.7. The van der Waals surface area contributed by atoms with Gasteiger partial charge in [-0.1, -0.05) is 12.1 Å². The van der Waals surface area contributed by atoms with E-state index >= 15 is 0 Å². The standard InChI is InChI=1S/C24H20F3N3O/c25-15-4-2-14(3-5-15)24(8-1-9-24)28-23(31)21-18-11-13-10-17(13)22(18)30(29-21)20-7-6-16(26)12-19(20)27/h2-7,12-13,17H,1,8-11H2,(H,28,31)/t13-,17-/m1/s1. The summed E-state index contributed by atoms with van der Waals surface area (Å²) in [6, 6.07) is 9.62. The first-order valence-corrected chi connectivity index (χ1v) is 10.6. The number of hydrogen-bond acceptors (Lipinski definition) is 2. The normalized spacial score (nSPS) is 22.4. The average molecular weight is 423 g/mol. The maximum Gasteiger partial charge on any atom is 0.272 e. The maximum atomic E-state index is 14.5. The third-order valence-electron chi connectivity index (χ3n) is 7.07. The Kier molecular flexibility index (Phi) is 3.88. The highest BCUT2D eigenvalue weighted by Crippen LogP contribution is 2.57. The molecule has 3 aromatic rings. The van der Waals surface area contributed by atoms with E-state index in [-0.39, 0.29) is 23.3 Å². The Bertz CT molecular complexity index is 1210. The summed E-state index contributed by atoms with van der Waals surface area (Å²) in [5, 5.41) is 7.64. The molecule has 31 heavy (non-hydrogen) atoms. The van der Waals surface area contributed by atoms with Gasteiger partial charge < -0.3 is 5.32 Å².